The molecule has 0 bridgehead atoms. The zero-order valence-electron chi connectivity index (χ0n) is 15.2. The number of hydrogen-bond donors (Lipinski definition) is 4. The number of nitrogens with one attached hydrogen (secondary N) is 1. The van der Waals surface area contributed by atoms with Crippen molar-refractivity contribution >= 4 is 16.8 Å². The number of nitrogens with zero attached hydrogens (tertiary/aromatic N) is 2. The van der Waals surface area contributed by atoms with Gasteiger partial charge in [0.1, 0.15) is 23.4 Å². The summed E-state index contributed by atoms with van der Waals surface area (Å²) >= 11 is 0. The number of halogens is 2. The van der Waals surface area contributed by atoms with E-state index in [4.69, 9.17) is 15.1 Å². The highest BCUT2D eigenvalue weighted by atomic mass is 19.1. The molecular weight excluding hydrogens is 388 g/mol. The molecule has 2 heterocycles. The minimum atomic E-state index is -1.03. The predicted octanol–water partition coefficient (Wildman–Crippen LogP) is 1.35. The SMILES string of the molecule is O=C(NO)c1cc2c(COC[C@@H](O)CO)cn(Cc3ccc(F)cc3F)c2cn1. The monoisotopic (exact) mass is 407 g/mol. The Kier molecular flexibility index (Phi) is 6.49. The largest absolute Gasteiger partial charge is 0.394 e. The Hall–Kier alpha value is -2.92. The highest BCUT2D eigenvalue weighted by molar-refractivity contribution is 5.96. The van der Waals surface area contributed by atoms with Gasteiger partial charge in [-0.2, -0.15) is 0 Å². The molecule has 4 N–H and O–H groups in total. The van der Waals surface area contributed by atoms with Crippen molar-refractivity contribution in [1.82, 2.24) is 15.0 Å². The van der Waals surface area contributed by atoms with Crippen molar-refractivity contribution < 1.29 is 33.7 Å². The van der Waals surface area contributed by atoms with E-state index in [1.54, 1.807) is 10.8 Å². The fraction of sp³-hybridized carbons (Fsp3) is 0.263. The summed E-state index contributed by atoms with van der Waals surface area (Å²) in [5, 5.41) is 27.7. The predicted molar refractivity (Wildman–Crippen MR) is 97.2 cm³/mol. The molecule has 1 atom stereocenters. The number of pyridine rings is 1. The minimum absolute atomic E-state index is 0.0384. The fourth-order valence-electron chi connectivity index (χ4n) is 2.88. The van der Waals surface area contributed by atoms with E-state index in [9.17, 15) is 18.7 Å². The lowest BCUT2D eigenvalue weighted by molar-refractivity contribution is 0.000280. The van der Waals surface area contributed by atoms with E-state index in [1.165, 1.54) is 23.8 Å². The molecule has 0 aliphatic rings. The number of benzene rings is 1. The average molecular weight is 407 g/mol. The third kappa shape index (κ3) is 4.74. The van der Waals surface area contributed by atoms with Crippen LogP contribution in [0.4, 0.5) is 8.78 Å². The highest BCUT2D eigenvalue weighted by Crippen LogP contribution is 2.24. The van der Waals surface area contributed by atoms with E-state index >= 15 is 0 Å². The summed E-state index contributed by atoms with van der Waals surface area (Å²) in [5.74, 6) is -2.17. The number of hydrogen-bond acceptors (Lipinski definition) is 6. The van der Waals surface area contributed by atoms with Crippen LogP contribution in [0.1, 0.15) is 21.6 Å². The number of aliphatic hydroxyl groups is 2. The maximum absolute atomic E-state index is 14.1. The molecule has 29 heavy (non-hydrogen) atoms. The number of amides is 1. The van der Waals surface area contributed by atoms with Crippen molar-refractivity contribution in [2.45, 2.75) is 19.3 Å². The molecule has 1 aromatic carbocycles. The second kappa shape index (κ2) is 9.05. The standard InChI is InChI=1S/C19H19F2N3O5/c20-13-2-1-11(16(21)3-13)6-24-7-12(9-29-10-14(26)8-25)15-4-17(19(27)23-28)22-5-18(15)24/h1-5,7,14,25-26,28H,6,8-10H2,(H,23,27)/t14-/m0/s1. The lowest BCUT2D eigenvalue weighted by Gasteiger charge is -2.07. The van der Waals surface area contributed by atoms with E-state index in [0.29, 0.717) is 16.5 Å². The quantitative estimate of drug-likeness (QED) is 0.331. The third-order valence-electron chi connectivity index (χ3n) is 4.32. The van der Waals surface area contributed by atoms with Crippen LogP contribution in [0.2, 0.25) is 0 Å². The summed E-state index contributed by atoms with van der Waals surface area (Å²) < 4.78 is 34.3. The van der Waals surface area contributed by atoms with E-state index in [1.807, 2.05) is 0 Å². The lowest BCUT2D eigenvalue weighted by atomic mass is 10.2. The molecule has 0 aliphatic heterocycles. The molecule has 3 rings (SSSR count). The molecule has 8 nitrogen and oxygen atoms in total. The van der Waals surface area contributed by atoms with Gasteiger partial charge in [0.2, 0.25) is 0 Å². The van der Waals surface area contributed by atoms with Crippen molar-refractivity contribution in [3.05, 3.63) is 65.1 Å². The summed E-state index contributed by atoms with van der Waals surface area (Å²) in [7, 11) is 0. The summed E-state index contributed by atoms with van der Waals surface area (Å²) in [6.45, 7) is -0.438. The minimum Gasteiger partial charge on any atom is -0.394 e. The number of hydroxylamine groups is 1. The lowest BCUT2D eigenvalue weighted by Crippen LogP contribution is -2.20. The zero-order valence-corrected chi connectivity index (χ0v) is 15.2. The van der Waals surface area contributed by atoms with Crippen LogP contribution in [-0.4, -0.2) is 50.2 Å². The first kappa shape index (κ1) is 20.8. The maximum Gasteiger partial charge on any atom is 0.293 e. The molecule has 0 radical (unpaired) electrons. The smallest absolute Gasteiger partial charge is 0.293 e. The molecule has 1 amide bonds. The second-order valence-corrected chi connectivity index (χ2v) is 6.40. The van der Waals surface area contributed by atoms with Gasteiger partial charge in [-0.15, -0.1) is 0 Å². The van der Waals surface area contributed by atoms with Crippen LogP contribution in [0, 0.1) is 11.6 Å². The van der Waals surface area contributed by atoms with Gasteiger partial charge in [0.25, 0.3) is 5.91 Å². The molecule has 154 valence electrons. The number of aliphatic hydroxyl groups excluding tert-OH is 2. The summed E-state index contributed by atoms with van der Waals surface area (Å²) in [6.07, 6.45) is 2.03. The van der Waals surface area contributed by atoms with Crippen molar-refractivity contribution in [2.75, 3.05) is 13.2 Å². The number of carbonyl (C=O) groups is 1. The van der Waals surface area contributed by atoms with Crippen LogP contribution in [0.25, 0.3) is 10.9 Å². The van der Waals surface area contributed by atoms with Crippen LogP contribution >= 0.6 is 0 Å². The van der Waals surface area contributed by atoms with Crippen LogP contribution in [0.3, 0.4) is 0 Å². The molecule has 0 unspecified atom stereocenters. The van der Waals surface area contributed by atoms with Crippen LogP contribution in [-0.2, 0) is 17.9 Å². The van der Waals surface area contributed by atoms with Crippen molar-refractivity contribution in [3.63, 3.8) is 0 Å². The first-order valence-electron chi connectivity index (χ1n) is 8.65. The van der Waals surface area contributed by atoms with Gasteiger partial charge in [0.05, 0.1) is 38.1 Å². The second-order valence-electron chi connectivity index (χ2n) is 6.40. The van der Waals surface area contributed by atoms with E-state index in [-0.39, 0.29) is 31.0 Å². The zero-order chi connectivity index (χ0) is 21.0. The van der Waals surface area contributed by atoms with Gasteiger partial charge in [0.15, 0.2) is 0 Å². The topological polar surface area (TPSA) is 117 Å². The highest BCUT2D eigenvalue weighted by Gasteiger charge is 2.15. The van der Waals surface area contributed by atoms with Gasteiger partial charge in [0, 0.05) is 28.8 Å². The van der Waals surface area contributed by atoms with E-state index in [0.717, 1.165) is 12.1 Å². The Morgan fingerprint density at radius 1 is 1.28 bits per heavy atom. The number of carbonyl (C=O) groups excluding carboxylic acids is 1. The van der Waals surface area contributed by atoms with Gasteiger partial charge in [-0.1, -0.05) is 6.07 Å². The first-order valence-corrected chi connectivity index (χ1v) is 8.65. The number of fused-ring (bicyclic) bond motifs is 1. The summed E-state index contributed by atoms with van der Waals surface area (Å²) in [6, 6.07) is 4.74. The normalized spacial score (nSPS) is 12.3. The molecule has 10 heteroatoms. The molecule has 0 aliphatic carbocycles. The molecule has 2 aromatic heterocycles. The van der Waals surface area contributed by atoms with E-state index in [2.05, 4.69) is 4.98 Å². The number of aromatic nitrogens is 2. The van der Waals surface area contributed by atoms with Gasteiger partial charge >= 0.3 is 0 Å². The fourth-order valence-corrected chi connectivity index (χ4v) is 2.88. The molecule has 0 spiro atoms. The van der Waals surface area contributed by atoms with Gasteiger partial charge in [-0.3, -0.25) is 10.0 Å². The Bertz CT molecular complexity index is 1020. The van der Waals surface area contributed by atoms with Crippen LogP contribution < -0.4 is 5.48 Å². The molecule has 0 saturated carbocycles. The Labute approximate surface area is 163 Å². The molecule has 0 saturated heterocycles. The average Bonchev–Trinajstić information content (AvgIpc) is 3.06. The Morgan fingerprint density at radius 2 is 2.07 bits per heavy atom. The van der Waals surface area contributed by atoms with Gasteiger partial charge in [-0.05, 0) is 12.1 Å². The van der Waals surface area contributed by atoms with Gasteiger partial charge in [-0.25, -0.2) is 19.2 Å². The Morgan fingerprint density at radius 3 is 2.76 bits per heavy atom. The summed E-state index contributed by atoms with van der Waals surface area (Å²) in [4.78, 5) is 15.7. The van der Waals surface area contributed by atoms with Crippen LogP contribution in [0.5, 0.6) is 0 Å². The van der Waals surface area contributed by atoms with Crippen molar-refractivity contribution in [2.24, 2.45) is 0 Å². The maximum atomic E-state index is 14.1. The van der Waals surface area contributed by atoms with Gasteiger partial charge < -0.3 is 19.5 Å². The third-order valence-corrected chi connectivity index (χ3v) is 4.32. The first-order chi connectivity index (χ1) is 13.9. The number of ether oxygens (including phenoxy) is 1. The van der Waals surface area contributed by atoms with Crippen molar-refractivity contribution in [3.8, 4) is 0 Å². The van der Waals surface area contributed by atoms with Crippen molar-refractivity contribution in [1.29, 1.82) is 0 Å². The molecule has 3 aromatic rings. The molecule has 0 fully saturated rings. The Balaban J connectivity index is 1.97. The summed E-state index contributed by atoms with van der Waals surface area (Å²) in [5.41, 5.74) is 2.89. The number of rotatable bonds is 8. The van der Waals surface area contributed by atoms with Crippen LogP contribution in [0.15, 0.2) is 36.7 Å². The van der Waals surface area contributed by atoms with E-state index < -0.39 is 30.3 Å². The molecular formula is C19H19F2N3O5.